The summed E-state index contributed by atoms with van der Waals surface area (Å²) in [6, 6.07) is 6.70. The van der Waals surface area contributed by atoms with E-state index in [2.05, 4.69) is 10.6 Å². The molecule has 0 bridgehead atoms. The second-order valence-corrected chi connectivity index (χ2v) is 5.23. The van der Waals surface area contributed by atoms with Crippen molar-refractivity contribution in [1.82, 2.24) is 5.32 Å². The molecule has 0 aliphatic rings. The fourth-order valence-corrected chi connectivity index (χ4v) is 1.70. The maximum atomic E-state index is 11.7. The maximum Gasteiger partial charge on any atom is 0.319 e. The normalized spacial score (nSPS) is 11.8. The van der Waals surface area contributed by atoms with E-state index in [-0.39, 0.29) is 24.5 Å². The first kappa shape index (κ1) is 16.8. The fraction of sp³-hybridized carbons (Fsp3) is 0.467. The molecule has 0 saturated carbocycles. The summed E-state index contributed by atoms with van der Waals surface area (Å²) in [6.07, 6.45) is 0.129. The molecule has 0 aliphatic heterocycles. The second-order valence-electron chi connectivity index (χ2n) is 5.23. The molecule has 0 aromatic heterocycles. The highest BCUT2D eigenvalue weighted by molar-refractivity contribution is 5.89. The van der Waals surface area contributed by atoms with E-state index in [0.29, 0.717) is 12.2 Å². The number of amides is 2. The van der Waals surface area contributed by atoms with Crippen LogP contribution in [0.4, 0.5) is 10.5 Å². The highest BCUT2D eigenvalue weighted by Crippen LogP contribution is 2.16. The van der Waals surface area contributed by atoms with Crippen molar-refractivity contribution >= 4 is 17.7 Å². The lowest BCUT2D eigenvalue weighted by atomic mass is 10.1. The molecule has 0 saturated heterocycles. The number of carboxylic acids is 1. The minimum absolute atomic E-state index is 0.0293. The molecule has 1 aromatic carbocycles. The van der Waals surface area contributed by atoms with Crippen LogP contribution >= 0.6 is 0 Å². The molecule has 0 heterocycles. The van der Waals surface area contributed by atoms with Crippen LogP contribution in [0.15, 0.2) is 24.3 Å². The molecule has 6 heteroatoms. The Bertz CT molecular complexity index is 471. The zero-order valence-electron chi connectivity index (χ0n) is 12.6. The van der Waals surface area contributed by atoms with Gasteiger partial charge in [0, 0.05) is 18.7 Å². The summed E-state index contributed by atoms with van der Waals surface area (Å²) >= 11 is 0. The Balaban J connectivity index is 2.39. The van der Waals surface area contributed by atoms with E-state index in [0.717, 1.165) is 5.75 Å². The number of ether oxygens (including phenoxy) is 1. The monoisotopic (exact) mass is 294 g/mol. The Labute approximate surface area is 124 Å². The zero-order chi connectivity index (χ0) is 15.8. The first-order valence-electron chi connectivity index (χ1n) is 6.90. The number of aliphatic carboxylic acids is 1. The van der Waals surface area contributed by atoms with Gasteiger partial charge in [-0.3, -0.25) is 4.79 Å². The SMILES string of the molecule is CC(CNC(=O)Nc1ccc(OC(C)C)cc1)CC(=O)O. The van der Waals surface area contributed by atoms with Crippen LogP contribution in [0.2, 0.25) is 0 Å². The van der Waals surface area contributed by atoms with E-state index in [4.69, 9.17) is 9.84 Å². The number of urea groups is 1. The summed E-state index contributed by atoms with van der Waals surface area (Å²) in [5.41, 5.74) is 0.648. The lowest BCUT2D eigenvalue weighted by molar-refractivity contribution is -0.137. The number of nitrogens with one attached hydrogen (secondary N) is 2. The first-order valence-corrected chi connectivity index (χ1v) is 6.90. The van der Waals surface area contributed by atoms with Gasteiger partial charge in [-0.05, 0) is 44.0 Å². The Morgan fingerprint density at radius 1 is 1.19 bits per heavy atom. The van der Waals surface area contributed by atoms with Crippen LogP contribution < -0.4 is 15.4 Å². The number of carbonyl (C=O) groups excluding carboxylic acids is 1. The van der Waals surface area contributed by atoms with Crippen LogP contribution in [0.3, 0.4) is 0 Å². The van der Waals surface area contributed by atoms with Gasteiger partial charge >= 0.3 is 12.0 Å². The fourth-order valence-electron chi connectivity index (χ4n) is 1.70. The Morgan fingerprint density at radius 3 is 2.33 bits per heavy atom. The van der Waals surface area contributed by atoms with Crippen molar-refractivity contribution < 1.29 is 19.4 Å². The van der Waals surface area contributed by atoms with Gasteiger partial charge in [0.1, 0.15) is 5.75 Å². The van der Waals surface area contributed by atoms with Gasteiger partial charge in [0.05, 0.1) is 6.10 Å². The molecule has 0 fully saturated rings. The lowest BCUT2D eigenvalue weighted by Gasteiger charge is -2.12. The summed E-state index contributed by atoms with van der Waals surface area (Å²) in [5.74, 6) is -0.244. The molecule has 1 atom stereocenters. The van der Waals surface area contributed by atoms with Crippen LogP contribution in [0.1, 0.15) is 27.2 Å². The molecule has 116 valence electrons. The van der Waals surface area contributed by atoms with Gasteiger partial charge in [-0.25, -0.2) is 4.79 Å². The van der Waals surface area contributed by atoms with E-state index >= 15 is 0 Å². The zero-order valence-corrected chi connectivity index (χ0v) is 12.6. The highest BCUT2D eigenvalue weighted by Gasteiger charge is 2.09. The molecule has 2 amide bonds. The average molecular weight is 294 g/mol. The topological polar surface area (TPSA) is 87.7 Å². The minimum Gasteiger partial charge on any atom is -0.491 e. The Morgan fingerprint density at radius 2 is 1.81 bits per heavy atom. The molecule has 6 nitrogen and oxygen atoms in total. The Hall–Kier alpha value is -2.24. The summed E-state index contributed by atoms with van der Waals surface area (Å²) in [5, 5.41) is 13.9. The standard InChI is InChI=1S/C15H22N2O4/c1-10(2)21-13-6-4-12(5-7-13)17-15(20)16-9-11(3)8-14(18)19/h4-7,10-11H,8-9H2,1-3H3,(H,18,19)(H2,16,17,20). The van der Waals surface area contributed by atoms with Crippen molar-refractivity contribution in [1.29, 1.82) is 0 Å². The van der Waals surface area contributed by atoms with Gasteiger partial charge in [0.15, 0.2) is 0 Å². The number of rotatable bonds is 7. The lowest BCUT2D eigenvalue weighted by Crippen LogP contribution is -2.32. The largest absolute Gasteiger partial charge is 0.491 e. The molecular weight excluding hydrogens is 272 g/mol. The van der Waals surface area contributed by atoms with E-state index in [1.807, 2.05) is 13.8 Å². The quantitative estimate of drug-likeness (QED) is 0.721. The molecule has 0 aliphatic carbocycles. The van der Waals surface area contributed by atoms with Crippen LogP contribution in [-0.4, -0.2) is 29.8 Å². The number of carboxylic acid groups (broad SMARTS) is 1. The third-order valence-corrected chi connectivity index (χ3v) is 2.62. The van der Waals surface area contributed by atoms with Gasteiger partial charge in [0.2, 0.25) is 0 Å². The number of hydrogen-bond acceptors (Lipinski definition) is 3. The van der Waals surface area contributed by atoms with E-state index in [9.17, 15) is 9.59 Å². The third-order valence-electron chi connectivity index (χ3n) is 2.62. The van der Waals surface area contributed by atoms with Gasteiger partial charge in [-0.2, -0.15) is 0 Å². The molecule has 21 heavy (non-hydrogen) atoms. The van der Waals surface area contributed by atoms with Crippen molar-refractivity contribution in [2.75, 3.05) is 11.9 Å². The number of carbonyl (C=O) groups is 2. The highest BCUT2D eigenvalue weighted by atomic mass is 16.5. The number of hydrogen-bond donors (Lipinski definition) is 3. The van der Waals surface area contributed by atoms with Crippen molar-refractivity contribution in [3.05, 3.63) is 24.3 Å². The summed E-state index contributed by atoms with van der Waals surface area (Å²) < 4.78 is 5.51. The summed E-state index contributed by atoms with van der Waals surface area (Å²) in [4.78, 5) is 22.2. The van der Waals surface area contributed by atoms with Crippen molar-refractivity contribution in [3.63, 3.8) is 0 Å². The van der Waals surface area contributed by atoms with E-state index < -0.39 is 5.97 Å². The van der Waals surface area contributed by atoms with Crippen molar-refractivity contribution in [3.8, 4) is 5.75 Å². The van der Waals surface area contributed by atoms with Crippen LogP contribution in [0, 0.1) is 5.92 Å². The van der Waals surface area contributed by atoms with Crippen LogP contribution in [-0.2, 0) is 4.79 Å². The number of benzene rings is 1. The maximum absolute atomic E-state index is 11.7. The van der Waals surface area contributed by atoms with Gasteiger partial charge in [0.25, 0.3) is 0 Å². The predicted octanol–water partition coefficient (Wildman–Crippen LogP) is 2.71. The molecule has 1 aromatic rings. The van der Waals surface area contributed by atoms with Gasteiger partial charge in [-0.15, -0.1) is 0 Å². The molecule has 3 N–H and O–H groups in total. The second kappa shape index (κ2) is 8.14. The first-order chi connectivity index (χ1) is 9.86. The minimum atomic E-state index is -0.870. The van der Waals surface area contributed by atoms with E-state index in [1.165, 1.54) is 0 Å². The predicted molar refractivity (Wildman–Crippen MR) is 80.6 cm³/mol. The molecule has 0 radical (unpaired) electrons. The molecule has 1 rings (SSSR count). The number of anilines is 1. The smallest absolute Gasteiger partial charge is 0.319 e. The third kappa shape index (κ3) is 7.20. The van der Waals surface area contributed by atoms with Crippen molar-refractivity contribution in [2.45, 2.75) is 33.3 Å². The van der Waals surface area contributed by atoms with Gasteiger partial charge in [-0.1, -0.05) is 6.92 Å². The van der Waals surface area contributed by atoms with Crippen LogP contribution in [0.25, 0.3) is 0 Å². The average Bonchev–Trinajstić information content (AvgIpc) is 2.37. The van der Waals surface area contributed by atoms with Crippen LogP contribution in [0.5, 0.6) is 5.75 Å². The molecule has 0 spiro atoms. The summed E-state index contributed by atoms with van der Waals surface area (Å²) in [6.45, 7) is 5.97. The van der Waals surface area contributed by atoms with Crippen molar-refractivity contribution in [2.24, 2.45) is 5.92 Å². The summed E-state index contributed by atoms with van der Waals surface area (Å²) in [7, 11) is 0. The Kier molecular flexibility index (Phi) is 6.52. The molecular formula is C15H22N2O4. The molecule has 1 unspecified atom stereocenters. The van der Waals surface area contributed by atoms with E-state index in [1.54, 1.807) is 31.2 Å². The van der Waals surface area contributed by atoms with Gasteiger partial charge < -0.3 is 20.5 Å².